The summed E-state index contributed by atoms with van der Waals surface area (Å²) in [5, 5.41) is 0.699. The van der Waals surface area contributed by atoms with E-state index in [2.05, 4.69) is 53.4 Å². The lowest BCUT2D eigenvalue weighted by Crippen LogP contribution is -2.39. The molecule has 4 heteroatoms. The molecule has 2 atom stereocenters. The zero-order valence-corrected chi connectivity index (χ0v) is 12.9. The summed E-state index contributed by atoms with van der Waals surface area (Å²) in [5.74, 6) is 6.67. The monoisotopic (exact) mass is 316 g/mol. The normalized spacial score (nSPS) is 14.6. The number of hydrazine groups is 1. The average molecular weight is 317 g/mol. The van der Waals surface area contributed by atoms with Gasteiger partial charge in [-0.15, -0.1) is 0 Å². The van der Waals surface area contributed by atoms with Crippen LogP contribution in [0.2, 0.25) is 0 Å². The highest BCUT2D eigenvalue weighted by molar-refractivity contribution is 9.10. The molecule has 2 nitrogen and oxygen atoms in total. The minimum atomic E-state index is 0.327. The summed E-state index contributed by atoms with van der Waals surface area (Å²) in [6.07, 6.45) is 2.17. The van der Waals surface area contributed by atoms with Crippen molar-refractivity contribution in [2.45, 2.75) is 38.0 Å². The molecule has 96 valence electrons. The van der Waals surface area contributed by atoms with Crippen LogP contribution in [0.4, 0.5) is 0 Å². The molecule has 0 aliphatic carbocycles. The smallest absolute Gasteiger partial charge is 0.0341 e. The van der Waals surface area contributed by atoms with E-state index in [1.165, 1.54) is 12.0 Å². The molecule has 0 amide bonds. The number of nitrogens with one attached hydrogen (secondary N) is 1. The molecule has 3 N–H and O–H groups in total. The first-order valence-electron chi connectivity index (χ1n) is 5.98. The SMILES string of the molecule is CCC(C)SCC(Cc1ccccc1Br)NN. The topological polar surface area (TPSA) is 38.0 Å². The summed E-state index contributed by atoms with van der Waals surface area (Å²) in [7, 11) is 0. The molecule has 0 aliphatic rings. The van der Waals surface area contributed by atoms with Crippen LogP contribution >= 0.6 is 27.7 Å². The molecular formula is C13H21BrN2S. The van der Waals surface area contributed by atoms with Gasteiger partial charge in [0, 0.05) is 21.5 Å². The predicted octanol–water partition coefficient (Wildman–Crippen LogP) is 3.36. The van der Waals surface area contributed by atoms with Gasteiger partial charge < -0.3 is 0 Å². The third-order valence-electron chi connectivity index (χ3n) is 2.82. The second-order valence-corrected chi connectivity index (χ2v) is 6.54. The van der Waals surface area contributed by atoms with Crippen LogP contribution in [0, 0.1) is 0 Å². The molecule has 1 rings (SSSR count). The lowest BCUT2D eigenvalue weighted by molar-refractivity contribution is 0.574. The van der Waals surface area contributed by atoms with Crippen molar-refractivity contribution in [1.82, 2.24) is 5.43 Å². The van der Waals surface area contributed by atoms with Crippen LogP contribution < -0.4 is 11.3 Å². The first-order chi connectivity index (χ1) is 8.17. The molecule has 17 heavy (non-hydrogen) atoms. The van der Waals surface area contributed by atoms with E-state index in [1.54, 1.807) is 0 Å². The van der Waals surface area contributed by atoms with E-state index in [0.717, 1.165) is 16.6 Å². The minimum absolute atomic E-state index is 0.327. The molecular weight excluding hydrogens is 296 g/mol. The first-order valence-corrected chi connectivity index (χ1v) is 7.82. The van der Waals surface area contributed by atoms with Crippen LogP contribution in [-0.2, 0) is 6.42 Å². The third-order valence-corrected chi connectivity index (χ3v) is 5.09. The number of thioether (sulfide) groups is 1. The molecule has 0 heterocycles. The standard InChI is InChI=1S/C13H21BrN2S/c1-3-10(2)17-9-12(16-15)8-11-6-4-5-7-13(11)14/h4-7,10,12,16H,3,8-9,15H2,1-2H3. The van der Waals surface area contributed by atoms with Gasteiger partial charge in [-0.3, -0.25) is 11.3 Å². The fourth-order valence-corrected chi connectivity index (χ4v) is 2.95. The van der Waals surface area contributed by atoms with E-state index in [4.69, 9.17) is 5.84 Å². The van der Waals surface area contributed by atoms with Crippen LogP contribution in [-0.4, -0.2) is 17.0 Å². The highest BCUT2D eigenvalue weighted by Gasteiger charge is 2.11. The van der Waals surface area contributed by atoms with Crippen molar-refractivity contribution in [2.24, 2.45) is 5.84 Å². The molecule has 1 aromatic rings. The summed E-state index contributed by atoms with van der Waals surface area (Å²) in [5.41, 5.74) is 4.22. The quantitative estimate of drug-likeness (QED) is 0.598. The van der Waals surface area contributed by atoms with Gasteiger partial charge in [0.05, 0.1) is 0 Å². The van der Waals surface area contributed by atoms with E-state index in [0.29, 0.717) is 11.3 Å². The van der Waals surface area contributed by atoms with E-state index in [9.17, 15) is 0 Å². The van der Waals surface area contributed by atoms with Crippen LogP contribution in [0.15, 0.2) is 28.7 Å². The predicted molar refractivity (Wildman–Crippen MR) is 81.2 cm³/mol. The molecule has 0 aliphatic heterocycles. The summed E-state index contributed by atoms with van der Waals surface area (Å²) in [4.78, 5) is 0. The Morgan fingerprint density at radius 1 is 1.41 bits per heavy atom. The molecule has 0 aromatic heterocycles. The van der Waals surface area contributed by atoms with E-state index < -0.39 is 0 Å². The van der Waals surface area contributed by atoms with Gasteiger partial charge in [0.1, 0.15) is 0 Å². The van der Waals surface area contributed by atoms with Gasteiger partial charge in [-0.2, -0.15) is 11.8 Å². The first kappa shape index (κ1) is 15.0. The van der Waals surface area contributed by atoms with Gasteiger partial charge in [-0.25, -0.2) is 0 Å². The van der Waals surface area contributed by atoms with Crippen molar-refractivity contribution < 1.29 is 0 Å². The third kappa shape index (κ3) is 5.42. The zero-order chi connectivity index (χ0) is 12.7. The van der Waals surface area contributed by atoms with Gasteiger partial charge in [-0.1, -0.05) is 48.0 Å². The van der Waals surface area contributed by atoms with Gasteiger partial charge in [-0.05, 0) is 24.5 Å². The summed E-state index contributed by atoms with van der Waals surface area (Å²) >= 11 is 5.55. The average Bonchev–Trinajstić information content (AvgIpc) is 2.36. The summed E-state index contributed by atoms with van der Waals surface area (Å²) in [6, 6.07) is 8.64. The number of nitrogens with two attached hydrogens (primary N) is 1. The Bertz CT molecular complexity index is 333. The van der Waals surface area contributed by atoms with E-state index in [1.807, 2.05) is 17.8 Å². The van der Waals surface area contributed by atoms with Crippen LogP contribution in [0.25, 0.3) is 0 Å². The van der Waals surface area contributed by atoms with Crippen molar-refractivity contribution in [2.75, 3.05) is 5.75 Å². The Balaban J connectivity index is 2.49. The van der Waals surface area contributed by atoms with Gasteiger partial charge in [0.25, 0.3) is 0 Å². The lowest BCUT2D eigenvalue weighted by atomic mass is 10.1. The maximum atomic E-state index is 5.62. The molecule has 2 unspecified atom stereocenters. The molecule has 0 radical (unpaired) electrons. The number of hydrogen-bond acceptors (Lipinski definition) is 3. The van der Waals surface area contributed by atoms with Gasteiger partial charge in [0.15, 0.2) is 0 Å². The van der Waals surface area contributed by atoms with Crippen molar-refractivity contribution in [1.29, 1.82) is 0 Å². The molecule has 1 aromatic carbocycles. The second kappa shape index (κ2) is 8.14. The number of halogens is 1. The van der Waals surface area contributed by atoms with Crippen LogP contribution in [0.5, 0.6) is 0 Å². The highest BCUT2D eigenvalue weighted by atomic mass is 79.9. The molecule has 0 spiro atoms. The minimum Gasteiger partial charge on any atom is -0.271 e. The molecule has 0 saturated carbocycles. The van der Waals surface area contributed by atoms with E-state index >= 15 is 0 Å². The van der Waals surface area contributed by atoms with E-state index in [-0.39, 0.29) is 0 Å². The van der Waals surface area contributed by atoms with Crippen molar-refractivity contribution >= 4 is 27.7 Å². The van der Waals surface area contributed by atoms with Crippen molar-refractivity contribution in [3.05, 3.63) is 34.3 Å². The molecule has 0 bridgehead atoms. The fraction of sp³-hybridized carbons (Fsp3) is 0.538. The summed E-state index contributed by atoms with van der Waals surface area (Å²) in [6.45, 7) is 4.48. The van der Waals surface area contributed by atoms with Crippen molar-refractivity contribution in [3.8, 4) is 0 Å². The molecule has 0 saturated heterocycles. The van der Waals surface area contributed by atoms with Gasteiger partial charge >= 0.3 is 0 Å². The Kier molecular flexibility index (Phi) is 7.19. The van der Waals surface area contributed by atoms with Crippen LogP contribution in [0.1, 0.15) is 25.8 Å². The van der Waals surface area contributed by atoms with Crippen LogP contribution in [0.3, 0.4) is 0 Å². The number of benzene rings is 1. The van der Waals surface area contributed by atoms with Crippen molar-refractivity contribution in [3.63, 3.8) is 0 Å². The Hall–Kier alpha value is -0.0300. The Morgan fingerprint density at radius 2 is 2.12 bits per heavy atom. The number of rotatable bonds is 7. The largest absolute Gasteiger partial charge is 0.271 e. The lowest BCUT2D eigenvalue weighted by Gasteiger charge is -2.18. The summed E-state index contributed by atoms with van der Waals surface area (Å²) < 4.78 is 1.16. The maximum absolute atomic E-state index is 5.62. The Labute approximate surface area is 117 Å². The molecule has 0 fully saturated rings. The van der Waals surface area contributed by atoms with Gasteiger partial charge in [0.2, 0.25) is 0 Å². The zero-order valence-electron chi connectivity index (χ0n) is 10.4. The maximum Gasteiger partial charge on any atom is 0.0341 e. The fourth-order valence-electron chi connectivity index (χ4n) is 1.49. The highest BCUT2D eigenvalue weighted by Crippen LogP contribution is 2.20. The second-order valence-electron chi connectivity index (χ2n) is 4.21. The number of hydrogen-bond donors (Lipinski definition) is 2. The Morgan fingerprint density at radius 3 is 2.71 bits per heavy atom.